The molecular weight excluding hydrogens is 654 g/mol. The normalized spacial score (nSPS) is 17.3. The molecule has 1 aliphatic carbocycles. The van der Waals surface area contributed by atoms with Crippen molar-refractivity contribution in [1.82, 2.24) is 0 Å². The first kappa shape index (κ1) is 42.5. The van der Waals surface area contributed by atoms with Crippen LogP contribution in [0.1, 0.15) is 59.6 Å². The number of hydrogen-bond donors (Lipinski definition) is 3. The van der Waals surface area contributed by atoms with Crippen LogP contribution in [-0.2, 0) is 47.4 Å². The number of rotatable bonds is 2. The molecule has 17 heteroatoms. The third-order valence-electron chi connectivity index (χ3n) is 6.38. The first-order valence-electron chi connectivity index (χ1n) is 11.5. The van der Waals surface area contributed by atoms with Gasteiger partial charge in [-0.25, -0.2) is 0 Å². The van der Waals surface area contributed by atoms with E-state index in [-0.39, 0.29) is 27.1 Å². The average Bonchev–Trinajstić information content (AvgIpc) is 2.89. The number of alkyl halides is 6. The maximum atomic E-state index is 11.1. The molecule has 3 N–H and O–H groups in total. The predicted octanol–water partition coefficient (Wildman–Crippen LogP) is 6.20. The van der Waals surface area contributed by atoms with Crippen LogP contribution in [0.15, 0.2) is 12.1 Å². The van der Waals surface area contributed by atoms with Crippen LogP contribution >= 0.6 is 0 Å². The third kappa shape index (κ3) is 10.8. The number of halogens is 6. The minimum Gasteiger partial charge on any atom is -0.508 e. The number of phenolic OH excluding ortho intramolecular Hbond substituents is 1. The average molecular weight is 690 g/mol. The number of hydrogen-bond acceptors (Lipinski definition) is 5. The van der Waals surface area contributed by atoms with Crippen molar-refractivity contribution in [3.05, 3.63) is 52.5 Å². The molecule has 1 saturated carbocycles. The van der Waals surface area contributed by atoms with Gasteiger partial charge in [0.15, 0.2) is 0 Å². The summed E-state index contributed by atoms with van der Waals surface area (Å²) in [6.45, 7) is 22.4. The number of aromatic hydroxyl groups is 1. The van der Waals surface area contributed by atoms with E-state index in [0.717, 1.165) is 5.56 Å². The van der Waals surface area contributed by atoms with Gasteiger partial charge in [-0.2, -0.15) is 43.2 Å². The zero-order chi connectivity index (χ0) is 32.6. The Morgan fingerprint density at radius 3 is 1.22 bits per heavy atom. The number of aryl methyl sites for hydroxylation is 1. The van der Waals surface area contributed by atoms with Gasteiger partial charge in [0, 0.05) is 21.7 Å². The maximum absolute atomic E-state index is 11.1. The zero-order valence-electron chi connectivity index (χ0n) is 24.2. The van der Waals surface area contributed by atoms with E-state index in [1.54, 1.807) is 0 Å². The van der Waals surface area contributed by atoms with E-state index in [9.17, 15) is 31.4 Å². The molecule has 0 bridgehead atoms. The fraction of sp³-hybridized carbons (Fsp3) is 0.542. The summed E-state index contributed by atoms with van der Waals surface area (Å²) in [5.41, 5.74) is -7.33. The number of benzene rings is 1. The summed E-state index contributed by atoms with van der Waals surface area (Å²) in [7, 11) is -13.7. The summed E-state index contributed by atoms with van der Waals surface area (Å²) in [5.74, 6) is 6.16. The molecule has 1 fully saturated rings. The summed E-state index contributed by atoms with van der Waals surface area (Å²) < 4.78 is 115. The Balaban J connectivity index is 0. The van der Waals surface area contributed by atoms with E-state index in [1.165, 1.54) is 40.0 Å². The molecule has 0 unspecified atom stereocenters. The minimum atomic E-state index is -5.84. The topological polar surface area (TPSA) is 129 Å². The maximum Gasteiger partial charge on any atom is 0.522 e. The molecule has 235 valence electrons. The molecule has 0 aromatic heterocycles. The molecule has 0 aliphatic heterocycles. The molecule has 5 radical (unpaired) electrons. The van der Waals surface area contributed by atoms with Crippen LogP contribution < -0.4 is 5.19 Å². The first-order chi connectivity index (χ1) is 17.3. The van der Waals surface area contributed by atoms with Gasteiger partial charge in [-0.1, -0.05) is 79.3 Å². The second-order valence-electron chi connectivity index (χ2n) is 10.8. The van der Waals surface area contributed by atoms with Crippen molar-refractivity contribution < 1.29 is 79.1 Å². The van der Waals surface area contributed by atoms with Gasteiger partial charge in [0.2, 0.25) is 0 Å². The molecule has 2 rings (SSSR count). The Labute approximate surface area is 254 Å². The Kier molecular flexibility index (Phi) is 14.5. The van der Waals surface area contributed by atoms with Gasteiger partial charge in [0.05, 0.1) is 8.07 Å². The summed E-state index contributed by atoms with van der Waals surface area (Å²) in [4.78, 5) is 0. The second kappa shape index (κ2) is 14.0. The molecule has 1 aromatic carbocycles. The zero-order valence-corrected chi connectivity index (χ0v) is 28.4. The summed E-state index contributed by atoms with van der Waals surface area (Å²) in [6, 6.07) is 4.36. The van der Waals surface area contributed by atoms with Crippen molar-refractivity contribution >= 4 is 33.5 Å². The minimum absolute atomic E-state index is 0. The molecule has 0 saturated heterocycles. The number of phenols is 1. The fourth-order valence-electron chi connectivity index (χ4n) is 4.12. The van der Waals surface area contributed by atoms with Crippen LogP contribution in [0.5, 0.6) is 5.75 Å². The van der Waals surface area contributed by atoms with Gasteiger partial charge in [-0.05, 0) is 52.3 Å². The third-order valence-corrected chi connectivity index (χ3v) is 11.3. The van der Waals surface area contributed by atoms with Crippen LogP contribution in [0.25, 0.3) is 0 Å². The van der Waals surface area contributed by atoms with Crippen molar-refractivity contribution in [3.63, 3.8) is 0 Å². The van der Waals surface area contributed by atoms with Crippen LogP contribution in [0, 0.1) is 36.1 Å². The van der Waals surface area contributed by atoms with E-state index in [1.807, 2.05) is 0 Å². The smallest absolute Gasteiger partial charge is 0.508 e. The van der Waals surface area contributed by atoms with Crippen LogP contribution in [0.4, 0.5) is 26.3 Å². The molecule has 1 aromatic rings. The first-order valence-corrected chi connectivity index (χ1v) is 17.3. The van der Waals surface area contributed by atoms with Gasteiger partial charge in [0.25, 0.3) is 0 Å². The summed E-state index contributed by atoms with van der Waals surface area (Å²) in [5, 5.41) is 12.3. The van der Waals surface area contributed by atoms with Crippen molar-refractivity contribution in [2.45, 2.75) is 84.9 Å². The van der Waals surface area contributed by atoms with Crippen LogP contribution in [0.3, 0.4) is 0 Å². The molecule has 0 heterocycles. The predicted molar refractivity (Wildman–Crippen MR) is 143 cm³/mol. The van der Waals surface area contributed by atoms with Gasteiger partial charge in [-0.3, -0.25) is 9.11 Å². The quantitative estimate of drug-likeness (QED) is 0.146. The van der Waals surface area contributed by atoms with Gasteiger partial charge < -0.3 is 5.11 Å². The Hall–Kier alpha value is -0.649. The largest absolute Gasteiger partial charge is 0.522 e. The van der Waals surface area contributed by atoms with Crippen LogP contribution in [-0.4, -0.2) is 50.1 Å². The Morgan fingerprint density at radius 1 is 0.683 bits per heavy atom. The summed E-state index contributed by atoms with van der Waals surface area (Å²) in [6.07, 6.45) is 0. The SMILES string of the molecule is C[C]1[C](C)[C](C)[C]([Si](C)(C)c2cc(C)cc(C(C)(C)C)c2O)[C]1C.O=S(=O)(O)C(F)(F)F.O=S(=O)(O)C(F)(F)F.[Ti]. The molecular formula is C24H35F6O7S2SiTi. The van der Waals surface area contributed by atoms with E-state index in [2.05, 4.69) is 80.6 Å². The Morgan fingerprint density at radius 2 is 0.976 bits per heavy atom. The van der Waals surface area contributed by atoms with E-state index < -0.39 is 39.3 Å². The molecule has 1 aliphatic rings. The van der Waals surface area contributed by atoms with Crippen LogP contribution in [0.2, 0.25) is 13.1 Å². The fourth-order valence-corrected chi connectivity index (χ4v) is 7.95. The summed E-state index contributed by atoms with van der Waals surface area (Å²) >= 11 is 0. The molecule has 0 spiro atoms. The molecule has 0 atom stereocenters. The van der Waals surface area contributed by atoms with Crippen molar-refractivity contribution in [2.24, 2.45) is 0 Å². The van der Waals surface area contributed by atoms with Gasteiger partial charge in [-0.15, -0.1) is 0 Å². The van der Waals surface area contributed by atoms with Gasteiger partial charge >= 0.3 is 31.3 Å². The molecule has 41 heavy (non-hydrogen) atoms. The van der Waals surface area contributed by atoms with Crippen molar-refractivity contribution in [2.75, 3.05) is 0 Å². The molecule has 7 nitrogen and oxygen atoms in total. The molecule has 0 amide bonds. The van der Waals surface area contributed by atoms with Crippen molar-refractivity contribution in [3.8, 4) is 5.75 Å². The van der Waals surface area contributed by atoms with Gasteiger partial charge in [0.1, 0.15) is 5.75 Å². The second-order valence-corrected chi connectivity index (χ2v) is 17.9. The Bertz CT molecular complexity index is 1190. The standard InChI is InChI=1S/C22H33OSi.2CHF3O3S.Ti/c1-13-11-18(22(6,7)8)20(23)19(12-13)24(9,10)21-16(4)14(2)15(3)17(21)5;2*2-1(3,4)8(5,6)7;/h11-12,23H,1-10H3;2*(H,5,6,7);. The van der Waals surface area contributed by atoms with Crippen molar-refractivity contribution in [1.29, 1.82) is 0 Å². The van der Waals surface area contributed by atoms with E-state index in [0.29, 0.717) is 5.75 Å². The van der Waals surface area contributed by atoms with E-state index >= 15 is 0 Å². The van der Waals surface area contributed by atoms with E-state index in [4.69, 9.17) is 25.9 Å². The monoisotopic (exact) mass is 689 g/mol.